The summed E-state index contributed by atoms with van der Waals surface area (Å²) in [7, 11) is -0.710. The number of methoxy groups -OCH3 is 2. The number of amides is 1. The second-order valence-electron chi connectivity index (χ2n) is 7.72. The topological polar surface area (TPSA) is 97.4 Å². The van der Waals surface area contributed by atoms with Crippen molar-refractivity contribution in [3.05, 3.63) is 18.2 Å². The van der Waals surface area contributed by atoms with Crippen LogP contribution >= 0.6 is 0 Å². The highest BCUT2D eigenvalue weighted by Crippen LogP contribution is 2.29. The second-order valence-corrected chi connectivity index (χ2v) is 9.49. The van der Waals surface area contributed by atoms with Gasteiger partial charge in [-0.2, -0.15) is 0 Å². The first-order valence-electron chi connectivity index (χ1n) is 9.48. The van der Waals surface area contributed by atoms with E-state index < -0.39 is 15.6 Å². The molecule has 29 heavy (non-hydrogen) atoms. The van der Waals surface area contributed by atoms with E-state index in [1.54, 1.807) is 11.0 Å². The first-order chi connectivity index (χ1) is 13.6. The minimum Gasteiger partial charge on any atom is -0.493 e. The van der Waals surface area contributed by atoms with Gasteiger partial charge < -0.3 is 19.1 Å². The summed E-state index contributed by atoms with van der Waals surface area (Å²) in [6.45, 7) is 8.77. The molecule has 2 rings (SSSR count). The standard InChI is InChI=1S/C19H31N3O6S/c1-19(2,3)28-18(23)22-12-10-21(11-13-22)9-8-20-29(24,25)15-6-7-16(26-4)17(14-15)27-5/h6-7,14,20H,8-13H2,1-5H3. The maximum absolute atomic E-state index is 12.5. The zero-order chi connectivity index (χ0) is 21.7. The van der Waals surface area contributed by atoms with E-state index in [0.717, 1.165) is 0 Å². The monoisotopic (exact) mass is 429 g/mol. The first kappa shape index (κ1) is 23.2. The predicted octanol–water partition coefficient (Wildman–Crippen LogP) is 1.53. The summed E-state index contributed by atoms with van der Waals surface area (Å²) in [5, 5.41) is 0. The summed E-state index contributed by atoms with van der Waals surface area (Å²) in [5.74, 6) is 0.822. The van der Waals surface area contributed by atoms with Gasteiger partial charge in [-0.05, 0) is 32.9 Å². The zero-order valence-electron chi connectivity index (χ0n) is 17.7. The molecule has 1 aromatic rings. The van der Waals surface area contributed by atoms with Crippen LogP contribution in [0.2, 0.25) is 0 Å². The van der Waals surface area contributed by atoms with Gasteiger partial charge in [0.15, 0.2) is 11.5 Å². The number of benzene rings is 1. The van der Waals surface area contributed by atoms with Crippen LogP contribution in [0.5, 0.6) is 11.5 Å². The van der Waals surface area contributed by atoms with Crippen LogP contribution in [0.4, 0.5) is 4.79 Å². The lowest BCUT2D eigenvalue weighted by atomic mass is 10.2. The summed E-state index contributed by atoms with van der Waals surface area (Å²) in [4.78, 5) is 16.0. The van der Waals surface area contributed by atoms with Crippen LogP contribution in [-0.4, -0.2) is 83.4 Å². The minimum absolute atomic E-state index is 0.116. The quantitative estimate of drug-likeness (QED) is 0.702. The van der Waals surface area contributed by atoms with Crippen molar-refractivity contribution in [2.45, 2.75) is 31.3 Å². The lowest BCUT2D eigenvalue weighted by molar-refractivity contribution is 0.0147. The molecule has 1 aliphatic heterocycles. The lowest BCUT2D eigenvalue weighted by Gasteiger charge is -2.35. The third-order valence-corrected chi connectivity index (χ3v) is 5.87. The van der Waals surface area contributed by atoms with Gasteiger partial charge in [0, 0.05) is 45.3 Å². The molecule has 0 aromatic heterocycles. The van der Waals surface area contributed by atoms with Gasteiger partial charge in [-0.15, -0.1) is 0 Å². The SMILES string of the molecule is COc1ccc(S(=O)(=O)NCCN2CCN(C(=O)OC(C)(C)C)CC2)cc1OC. The Morgan fingerprint density at radius 2 is 1.69 bits per heavy atom. The summed E-state index contributed by atoms with van der Waals surface area (Å²) in [5.41, 5.74) is -0.517. The molecule has 1 saturated heterocycles. The van der Waals surface area contributed by atoms with E-state index in [0.29, 0.717) is 44.2 Å². The normalized spacial score (nSPS) is 15.8. The van der Waals surface area contributed by atoms with Crippen LogP contribution in [0.15, 0.2) is 23.1 Å². The van der Waals surface area contributed by atoms with E-state index in [4.69, 9.17) is 14.2 Å². The molecule has 0 bridgehead atoms. The van der Waals surface area contributed by atoms with Crippen molar-refractivity contribution in [3.8, 4) is 11.5 Å². The summed E-state index contributed by atoms with van der Waals surface area (Å²) in [6.07, 6.45) is -0.314. The van der Waals surface area contributed by atoms with E-state index in [1.165, 1.54) is 26.4 Å². The molecule has 9 nitrogen and oxygen atoms in total. The number of nitrogens with one attached hydrogen (secondary N) is 1. The van der Waals surface area contributed by atoms with Gasteiger partial charge in [-0.1, -0.05) is 0 Å². The first-order valence-corrected chi connectivity index (χ1v) is 11.0. The average Bonchev–Trinajstić information content (AvgIpc) is 2.66. The molecule has 1 heterocycles. The Hall–Kier alpha value is -2.04. The molecule has 1 amide bonds. The van der Waals surface area contributed by atoms with Crippen molar-refractivity contribution in [2.75, 3.05) is 53.5 Å². The number of nitrogens with zero attached hydrogens (tertiary/aromatic N) is 2. The molecule has 1 aromatic carbocycles. The van der Waals surface area contributed by atoms with Crippen molar-refractivity contribution in [2.24, 2.45) is 0 Å². The summed E-state index contributed by atoms with van der Waals surface area (Å²) in [6, 6.07) is 4.47. The Labute approximate surface area is 173 Å². The number of ether oxygens (including phenoxy) is 3. The Bertz CT molecular complexity index is 799. The number of hydrogen-bond donors (Lipinski definition) is 1. The van der Waals surface area contributed by atoms with Crippen molar-refractivity contribution < 1.29 is 27.4 Å². The molecular weight excluding hydrogens is 398 g/mol. The Balaban J connectivity index is 1.82. The van der Waals surface area contributed by atoms with Crippen LogP contribution in [0.25, 0.3) is 0 Å². The number of piperazine rings is 1. The minimum atomic E-state index is -3.66. The highest BCUT2D eigenvalue weighted by atomic mass is 32.2. The number of hydrogen-bond acceptors (Lipinski definition) is 7. The number of rotatable bonds is 7. The number of carbonyl (C=O) groups excluding carboxylic acids is 1. The Morgan fingerprint density at radius 3 is 2.24 bits per heavy atom. The van der Waals surface area contributed by atoms with Crippen LogP contribution in [0.3, 0.4) is 0 Å². The molecular formula is C19H31N3O6S. The third-order valence-electron chi connectivity index (χ3n) is 4.41. The van der Waals surface area contributed by atoms with E-state index in [1.807, 2.05) is 20.8 Å². The van der Waals surface area contributed by atoms with Crippen molar-refractivity contribution in [1.82, 2.24) is 14.5 Å². The van der Waals surface area contributed by atoms with Gasteiger partial charge in [-0.25, -0.2) is 17.9 Å². The van der Waals surface area contributed by atoms with Gasteiger partial charge in [0.2, 0.25) is 10.0 Å². The summed E-state index contributed by atoms with van der Waals surface area (Å²) >= 11 is 0. The van der Waals surface area contributed by atoms with E-state index in [2.05, 4.69) is 9.62 Å². The number of sulfonamides is 1. The van der Waals surface area contributed by atoms with Crippen molar-refractivity contribution in [3.63, 3.8) is 0 Å². The highest BCUT2D eigenvalue weighted by molar-refractivity contribution is 7.89. The molecule has 1 aliphatic rings. The Morgan fingerprint density at radius 1 is 1.07 bits per heavy atom. The van der Waals surface area contributed by atoms with E-state index in [-0.39, 0.29) is 17.5 Å². The van der Waals surface area contributed by atoms with Gasteiger partial charge in [0.25, 0.3) is 0 Å². The lowest BCUT2D eigenvalue weighted by Crippen LogP contribution is -2.51. The predicted molar refractivity (Wildman–Crippen MR) is 109 cm³/mol. The molecule has 0 aliphatic carbocycles. The molecule has 0 spiro atoms. The van der Waals surface area contributed by atoms with Gasteiger partial charge in [-0.3, -0.25) is 4.90 Å². The smallest absolute Gasteiger partial charge is 0.410 e. The van der Waals surface area contributed by atoms with Crippen LogP contribution in [-0.2, 0) is 14.8 Å². The van der Waals surface area contributed by atoms with E-state index in [9.17, 15) is 13.2 Å². The fraction of sp³-hybridized carbons (Fsp3) is 0.632. The molecule has 10 heteroatoms. The largest absolute Gasteiger partial charge is 0.493 e. The molecule has 0 atom stereocenters. The molecule has 0 radical (unpaired) electrons. The maximum atomic E-state index is 12.5. The second kappa shape index (κ2) is 9.64. The van der Waals surface area contributed by atoms with Crippen LogP contribution in [0.1, 0.15) is 20.8 Å². The third kappa shape index (κ3) is 6.76. The molecule has 0 unspecified atom stereocenters. The van der Waals surface area contributed by atoms with Crippen LogP contribution in [0, 0.1) is 0 Å². The molecule has 0 saturated carbocycles. The fourth-order valence-corrected chi connectivity index (χ4v) is 3.92. The highest BCUT2D eigenvalue weighted by Gasteiger charge is 2.26. The van der Waals surface area contributed by atoms with E-state index >= 15 is 0 Å². The maximum Gasteiger partial charge on any atom is 0.410 e. The van der Waals surface area contributed by atoms with Crippen LogP contribution < -0.4 is 14.2 Å². The van der Waals surface area contributed by atoms with Gasteiger partial charge in [0.1, 0.15) is 5.60 Å². The zero-order valence-corrected chi connectivity index (χ0v) is 18.5. The number of carbonyl (C=O) groups is 1. The van der Waals surface area contributed by atoms with Crippen molar-refractivity contribution >= 4 is 16.1 Å². The molecule has 164 valence electrons. The molecule has 1 fully saturated rings. The summed E-state index contributed by atoms with van der Waals surface area (Å²) < 4.78 is 43.3. The van der Waals surface area contributed by atoms with Gasteiger partial charge >= 0.3 is 6.09 Å². The van der Waals surface area contributed by atoms with Gasteiger partial charge in [0.05, 0.1) is 19.1 Å². The molecule has 1 N–H and O–H groups in total. The average molecular weight is 430 g/mol. The Kier molecular flexibility index (Phi) is 7.73. The van der Waals surface area contributed by atoms with Crippen molar-refractivity contribution in [1.29, 1.82) is 0 Å². The fourth-order valence-electron chi connectivity index (χ4n) is 2.89.